The Hall–Kier alpha value is -1.61. The fourth-order valence-corrected chi connectivity index (χ4v) is 1.19. The Morgan fingerprint density at radius 1 is 1.17 bits per heavy atom. The number of anilines is 1. The molecule has 1 heterocycles. The van der Waals surface area contributed by atoms with Crippen LogP contribution in [0.5, 0.6) is 0 Å². The second-order valence-electron chi connectivity index (χ2n) is 2.49. The van der Waals surface area contributed by atoms with Crippen molar-refractivity contribution in [3.05, 3.63) is 36.5 Å². The smallest absolute Gasteiger partial charge is 0.0956 e. The van der Waals surface area contributed by atoms with Crippen LogP contribution in [-0.4, -0.2) is 10.2 Å². The minimum Gasteiger partial charge on any atom is -0.291 e. The van der Waals surface area contributed by atoms with Gasteiger partial charge in [0, 0.05) is 11.6 Å². The van der Waals surface area contributed by atoms with Gasteiger partial charge < -0.3 is 0 Å². The SMILES string of the molecule is ONc1cccc2cccnc12. The second-order valence-corrected chi connectivity index (χ2v) is 2.49. The Kier molecular flexibility index (Phi) is 1.64. The molecule has 60 valence electrons. The van der Waals surface area contributed by atoms with Gasteiger partial charge in [-0.15, -0.1) is 0 Å². The highest BCUT2D eigenvalue weighted by Crippen LogP contribution is 2.19. The predicted molar refractivity (Wildman–Crippen MR) is 47.2 cm³/mol. The third-order valence-corrected chi connectivity index (χ3v) is 1.75. The van der Waals surface area contributed by atoms with Crippen molar-refractivity contribution in [2.45, 2.75) is 0 Å². The van der Waals surface area contributed by atoms with Gasteiger partial charge >= 0.3 is 0 Å². The lowest BCUT2D eigenvalue weighted by atomic mass is 10.2. The molecule has 0 spiro atoms. The van der Waals surface area contributed by atoms with Crippen molar-refractivity contribution in [3.8, 4) is 0 Å². The number of fused-ring (bicyclic) bond motifs is 1. The molecule has 0 fully saturated rings. The molecular formula is C9H8N2O. The molecule has 0 saturated carbocycles. The first-order chi connectivity index (χ1) is 5.92. The van der Waals surface area contributed by atoms with Gasteiger partial charge in [-0.05, 0) is 12.1 Å². The van der Waals surface area contributed by atoms with E-state index in [2.05, 4.69) is 10.5 Å². The largest absolute Gasteiger partial charge is 0.291 e. The van der Waals surface area contributed by atoms with E-state index in [1.54, 1.807) is 12.3 Å². The van der Waals surface area contributed by atoms with Gasteiger partial charge in [0.15, 0.2) is 0 Å². The number of nitrogens with zero attached hydrogens (tertiary/aromatic N) is 1. The van der Waals surface area contributed by atoms with Gasteiger partial charge in [0.05, 0.1) is 11.2 Å². The van der Waals surface area contributed by atoms with Gasteiger partial charge in [0.1, 0.15) is 0 Å². The number of hydrogen-bond donors (Lipinski definition) is 2. The minimum absolute atomic E-state index is 0.633. The minimum atomic E-state index is 0.633. The summed E-state index contributed by atoms with van der Waals surface area (Å²) in [6.45, 7) is 0. The van der Waals surface area contributed by atoms with E-state index >= 15 is 0 Å². The molecule has 0 radical (unpaired) electrons. The molecular weight excluding hydrogens is 152 g/mol. The Balaban J connectivity index is 2.79. The van der Waals surface area contributed by atoms with Crippen LogP contribution in [0.15, 0.2) is 36.5 Å². The lowest BCUT2D eigenvalue weighted by molar-refractivity contribution is 0.389. The lowest BCUT2D eigenvalue weighted by Gasteiger charge is -2.01. The number of aromatic nitrogens is 1. The van der Waals surface area contributed by atoms with Gasteiger partial charge in [-0.2, -0.15) is 0 Å². The number of nitrogens with one attached hydrogen (secondary N) is 1. The second kappa shape index (κ2) is 2.79. The van der Waals surface area contributed by atoms with E-state index in [4.69, 9.17) is 5.21 Å². The van der Waals surface area contributed by atoms with Crippen LogP contribution in [-0.2, 0) is 0 Å². The van der Waals surface area contributed by atoms with Gasteiger partial charge in [-0.25, -0.2) is 0 Å². The zero-order valence-corrected chi connectivity index (χ0v) is 6.36. The Bertz CT molecular complexity index is 395. The van der Waals surface area contributed by atoms with E-state index < -0.39 is 0 Å². The van der Waals surface area contributed by atoms with Crippen LogP contribution in [0.3, 0.4) is 0 Å². The molecule has 2 N–H and O–H groups in total. The molecule has 0 aliphatic heterocycles. The molecule has 2 aromatic rings. The van der Waals surface area contributed by atoms with Crippen molar-refractivity contribution in [1.29, 1.82) is 0 Å². The number of pyridine rings is 1. The third kappa shape index (κ3) is 1.00. The summed E-state index contributed by atoms with van der Waals surface area (Å²) in [7, 11) is 0. The number of hydrogen-bond acceptors (Lipinski definition) is 3. The molecule has 0 atom stereocenters. The average Bonchev–Trinajstić information content (AvgIpc) is 2.17. The van der Waals surface area contributed by atoms with E-state index in [-0.39, 0.29) is 0 Å². The molecule has 3 nitrogen and oxygen atoms in total. The number of para-hydroxylation sites is 1. The number of benzene rings is 1. The van der Waals surface area contributed by atoms with Crippen molar-refractivity contribution in [2.75, 3.05) is 5.48 Å². The van der Waals surface area contributed by atoms with Gasteiger partial charge in [0.2, 0.25) is 0 Å². The molecule has 0 bridgehead atoms. The zero-order chi connectivity index (χ0) is 8.39. The van der Waals surface area contributed by atoms with Crippen LogP contribution >= 0.6 is 0 Å². The monoisotopic (exact) mass is 160 g/mol. The topological polar surface area (TPSA) is 45.1 Å². The number of rotatable bonds is 1. The van der Waals surface area contributed by atoms with E-state index in [9.17, 15) is 0 Å². The summed E-state index contributed by atoms with van der Waals surface area (Å²) in [6.07, 6.45) is 1.70. The summed E-state index contributed by atoms with van der Waals surface area (Å²) in [5, 5.41) is 9.76. The van der Waals surface area contributed by atoms with Crippen molar-refractivity contribution in [1.82, 2.24) is 4.98 Å². The van der Waals surface area contributed by atoms with Crippen LogP contribution < -0.4 is 5.48 Å². The average molecular weight is 160 g/mol. The van der Waals surface area contributed by atoms with Crippen molar-refractivity contribution >= 4 is 16.6 Å². The molecule has 12 heavy (non-hydrogen) atoms. The standard InChI is InChI=1S/C9H8N2O/c12-11-8-5-1-3-7-4-2-6-10-9(7)8/h1-6,11-12H. The maximum absolute atomic E-state index is 8.75. The first-order valence-electron chi connectivity index (χ1n) is 3.65. The molecule has 0 saturated heterocycles. The predicted octanol–water partition coefficient (Wildman–Crippen LogP) is 2.04. The summed E-state index contributed by atoms with van der Waals surface area (Å²) >= 11 is 0. The van der Waals surface area contributed by atoms with Crippen molar-refractivity contribution < 1.29 is 5.21 Å². The highest BCUT2D eigenvalue weighted by atomic mass is 16.5. The van der Waals surface area contributed by atoms with Crippen LogP contribution in [0.4, 0.5) is 5.69 Å². The summed E-state index contributed by atoms with van der Waals surface area (Å²) in [5.41, 5.74) is 3.52. The normalized spacial score (nSPS) is 10.1. The quantitative estimate of drug-likeness (QED) is 0.627. The van der Waals surface area contributed by atoms with Gasteiger partial charge in [-0.1, -0.05) is 18.2 Å². The van der Waals surface area contributed by atoms with Crippen LogP contribution in [0.1, 0.15) is 0 Å². The first kappa shape index (κ1) is 7.06. The lowest BCUT2D eigenvalue weighted by Crippen LogP contribution is -1.91. The fraction of sp³-hybridized carbons (Fsp3) is 0. The molecule has 0 unspecified atom stereocenters. The van der Waals surface area contributed by atoms with Crippen LogP contribution in [0, 0.1) is 0 Å². The van der Waals surface area contributed by atoms with Crippen LogP contribution in [0.2, 0.25) is 0 Å². The molecule has 1 aromatic carbocycles. The molecule has 3 heteroatoms. The summed E-state index contributed by atoms with van der Waals surface area (Å²) < 4.78 is 0. The van der Waals surface area contributed by atoms with E-state index in [0.717, 1.165) is 10.9 Å². The molecule has 0 aliphatic rings. The summed E-state index contributed by atoms with van der Waals surface area (Å²) in [5.74, 6) is 0. The molecule has 2 rings (SSSR count). The highest BCUT2D eigenvalue weighted by molar-refractivity contribution is 5.89. The summed E-state index contributed by atoms with van der Waals surface area (Å²) in [4.78, 5) is 4.13. The Morgan fingerprint density at radius 2 is 2.00 bits per heavy atom. The Morgan fingerprint density at radius 3 is 2.83 bits per heavy atom. The molecule has 0 amide bonds. The third-order valence-electron chi connectivity index (χ3n) is 1.75. The van der Waals surface area contributed by atoms with E-state index in [0.29, 0.717) is 5.69 Å². The maximum atomic E-state index is 8.75. The van der Waals surface area contributed by atoms with Crippen molar-refractivity contribution in [3.63, 3.8) is 0 Å². The summed E-state index contributed by atoms with van der Waals surface area (Å²) in [6, 6.07) is 9.40. The van der Waals surface area contributed by atoms with Crippen molar-refractivity contribution in [2.24, 2.45) is 0 Å². The molecule has 1 aromatic heterocycles. The van der Waals surface area contributed by atoms with E-state index in [1.807, 2.05) is 24.3 Å². The van der Waals surface area contributed by atoms with Gasteiger partial charge in [0.25, 0.3) is 0 Å². The molecule has 0 aliphatic carbocycles. The Labute approximate surface area is 69.6 Å². The van der Waals surface area contributed by atoms with Gasteiger partial charge in [-0.3, -0.25) is 15.7 Å². The van der Waals surface area contributed by atoms with Crippen LogP contribution in [0.25, 0.3) is 10.9 Å². The van der Waals surface area contributed by atoms with E-state index in [1.165, 1.54) is 0 Å². The first-order valence-corrected chi connectivity index (χ1v) is 3.65. The fourth-order valence-electron chi connectivity index (χ4n) is 1.19. The maximum Gasteiger partial charge on any atom is 0.0956 e. The zero-order valence-electron chi connectivity index (χ0n) is 6.36. The highest BCUT2D eigenvalue weighted by Gasteiger charge is 1.97.